The number of amides is 1. The van der Waals surface area contributed by atoms with Crippen molar-refractivity contribution in [3.05, 3.63) is 83.0 Å². The molecule has 6 nitrogen and oxygen atoms in total. The van der Waals surface area contributed by atoms with Crippen LogP contribution in [0, 0.1) is 0 Å². The molecule has 0 aliphatic heterocycles. The molecule has 1 aromatic heterocycles. The van der Waals surface area contributed by atoms with Gasteiger partial charge in [-0.15, -0.1) is 0 Å². The molecule has 7 heteroatoms. The van der Waals surface area contributed by atoms with Gasteiger partial charge in [-0.3, -0.25) is 4.79 Å². The fourth-order valence-corrected chi connectivity index (χ4v) is 2.55. The van der Waals surface area contributed by atoms with Gasteiger partial charge in [0.2, 0.25) is 0 Å². The molecule has 28 heavy (non-hydrogen) atoms. The molecule has 1 amide bonds. The van der Waals surface area contributed by atoms with Gasteiger partial charge in [0.25, 0.3) is 5.91 Å². The number of anilines is 3. The molecule has 0 atom stereocenters. The summed E-state index contributed by atoms with van der Waals surface area (Å²) in [5.41, 5.74) is 2.25. The first-order valence-corrected chi connectivity index (χ1v) is 9.00. The third-order valence-corrected chi connectivity index (χ3v) is 4.04. The first-order valence-electron chi connectivity index (χ1n) is 8.62. The van der Waals surface area contributed by atoms with Crippen LogP contribution >= 0.6 is 11.6 Å². The van der Waals surface area contributed by atoms with Gasteiger partial charge in [0, 0.05) is 28.2 Å². The van der Waals surface area contributed by atoms with E-state index in [2.05, 4.69) is 15.6 Å². The quantitative estimate of drug-likeness (QED) is 0.580. The summed E-state index contributed by atoms with van der Waals surface area (Å²) in [5.74, 6) is -0.148. The molecule has 0 radical (unpaired) electrons. The molecule has 0 bridgehead atoms. The van der Waals surface area contributed by atoms with Gasteiger partial charge in [-0.25, -0.2) is 9.78 Å². The van der Waals surface area contributed by atoms with E-state index in [4.69, 9.17) is 16.3 Å². The zero-order valence-corrected chi connectivity index (χ0v) is 15.9. The van der Waals surface area contributed by atoms with Crippen LogP contribution in [0.5, 0.6) is 0 Å². The highest BCUT2D eigenvalue weighted by molar-refractivity contribution is 6.30. The molecular formula is C21H18ClN3O3. The van der Waals surface area contributed by atoms with E-state index in [9.17, 15) is 9.59 Å². The summed E-state index contributed by atoms with van der Waals surface area (Å²) in [6.45, 7) is 2.06. The van der Waals surface area contributed by atoms with Crippen LogP contribution in [0.4, 0.5) is 17.2 Å². The van der Waals surface area contributed by atoms with Gasteiger partial charge in [-0.05, 0) is 67.6 Å². The van der Waals surface area contributed by atoms with Gasteiger partial charge in [0.1, 0.15) is 5.82 Å². The molecule has 2 aromatic carbocycles. The Kier molecular flexibility index (Phi) is 6.24. The Balaban J connectivity index is 1.67. The van der Waals surface area contributed by atoms with Crippen LogP contribution < -0.4 is 10.6 Å². The van der Waals surface area contributed by atoms with Crippen molar-refractivity contribution in [3.8, 4) is 0 Å². The Morgan fingerprint density at radius 1 is 0.964 bits per heavy atom. The number of pyridine rings is 1. The number of hydrogen-bond donors (Lipinski definition) is 2. The van der Waals surface area contributed by atoms with Gasteiger partial charge in [0.05, 0.1) is 12.2 Å². The fraction of sp³-hybridized carbons (Fsp3) is 0.0952. The van der Waals surface area contributed by atoms with E-state index in [-0.39, 0.29) is 5.91 Å². The van der Waals surface area contributed by atoms with Crippen LogP contribution in [0.25, 0.3) is 0 Å². The highest BCUT2D eigenvalue weighted by Gasteiger charge is 2.10. The first kappa shape index (κ1) is 19.4. The molecule has 3 aromatic rings. The van der Waals surface area contributed by atoms with Crippen molar-refractivity contribution >= 4 is 40.7 Å². The van der Waals surface area contributed by atoms with Gasteiger partial charge < -0.3 is 15.4 Å². The fourth-order valence-electron chi connectivity index (χ4n) is 2.43. The normalized spacial score (nSPS) is 10.2. The molecule has 142 valence electrons. The summed E-state index contributed by atoms with van der Waals surface area (Å²) in [6.07, 6.45) is 1.55. The first-order chi connectivity index (χ1) is 13.5. The summed E-state index contributed by atoms with van der Waals surface area (Å²) in [6, 6.07) is 17.0. The zero-order chi connectivity index (χ0) is 19.9. The highest BCUT2D eigenvalue weighted by atomic mass is 35.5. The van der Waals surface area contributed by atoms with E-state index in [1.54, 1.807) is 61.7 Å². The SMILES string of the molecule is CCOC(=O)c1ccc(NC(=O)c2ccnc(Nc3ccc(Cl)cc3)c2)cc1. The Morgan fingerprint density at radius 3 is 2.32 bits per heavy atom. The minimum absolute atomic E-state index is 0.287. The summed E-state index contributed by atoms with van der Waals surface area (Å²) in [5, 5.41) is 6.55. The standard InChI is InChI=1S/C21H18ClN3O3/c1-2-28-21(27)14-3-7-18(8-4-14)25-20(26)15-11-12-23-19(13-15)24-17-9-5-16(22)6-10-17/h3-13H,2H2,1H3,(H,23,24)(H,25,26). The Hall–Kier alpha value is -3.38. The third kappa shape index (κ3) is 5.08. The van der Waals surface area contributed by atoms with E-state index in [0.29, 0.717) is 34.3 Å². The molecule has 0 aliphatic rings. The molecule has 3 rings (SSSR count). The van der Waals surface area contributed by atoms with Crippen LogP contribution in [0.3, 0.4) is 0 Å². The van der Waals surface area contributed by atoms with Crippen LogP contribution in [-0.2, 0) is 4.74 Å². The van der Waals surface area contributed by atoms with E-state index in [0.717, 1.165) is 5.69 Å². The number of benzene rings is 2. The van der Waals surface area contributed by atoms with Crippen molar-refractivity contribution in [1.29, 1.82) is 0 Å². The van der Waals surface area contributed by atoms with E-state index >= 15 is 0 Å². The van der Waals surface area contributed by atoms with Crippen molar-refractivity contribution in [2.75, 3.05) is 17.2 Å². The van der Waals surface area contributed by atoms with Crippen molar-refractivity contribution < 1.29 is 14.3 Å². The molecule has 2 N–H and O–H groups in total. The molecule has 0 saturated heterocycles. The average molecular weight is 396 g/mol. The molecule has 0 unspecified atom stereocenters. The summed E-state index contributed by atoms with van der Waals surface area (Å²) < 4.78 is 4.94. The van der Waals surface area contributed by atoms with Gasteiger partial charge in [0.15, 0.2) is 0 Å². The lowest BCUT2D eigenvalue weighted by Crippen LogP contribution is -2.12. The number of ether oxygens (including phenoxy) is 1. The number of aromatic nitrogens is 1. The minimum atomic E-state index is -0.396. The number of rotatable bonds is 6. The molecular weight excluding hydrogens is 378 g/mol. The summed E-state index contributed by atoms with van der Waals surface area (Å²) in [4.78, 5) is 28.4. The second kappa shape index (κ2) is 9.01. The predicted octanol–water partition coefficient (Wildman–Crippen LogP) is 4.91. The van der Waals surface area contributed by atoms with Gasteiger partial charge in [-0.1, -0.05) is 11.6 Å². The monoisotopic (exact) mass is 395 g/mol. The molecule has 0 aliphatic carbocycles. The maximum atomic E-state index is 12.5. The number of halogens is 1. The largest absolute Gasteiger partial charge is 0.462 e. The van der Waals surface area contributed by atoms with Crippen LogP contribution in [0.15, 0.2) is 66.9 Å². The lowest BCUT2D eigenvalue weighted by Gasteiger charge is -2.09. The van der Waals surface area contributed by atoms with Crippen molar-refractivity contribution in [3.63, 3.8) is 0 Å². The number of carbonyl (C=O) groups is 2. The molecule has 0 spiro atoms. The van der Waals surface area contributed by atoms with Crippen molar-refractivity contribution in [1.82, 2.24) is 4.98 Å². The molecule has 0 saturated carbocycles. The smallest absolute Gasteiger partial charge is 0.338 e. The second-order valence-electron chi connectivity index (χ2n) is 5.81. The lowest BCUT2D eigenvalue weighted by atomic mass is 10.2. The number of carbonyl (C=O) groups excluding carboxylic acids is 2. The lowest BCUT2D eigenvalue weighted by molar-refractivity contribution is 0.0526. The summed E-state index contributed by atoms with van der Waals surface area (Å²) in [7, 11) is 0. The van der Waals surface area contributed by atoms with Crippen molar-refractivity contribution in [2.45, 2.75) is 6.92 Å². The van der Waals surface area contributed by atoms with Crippen LogP contribution in [0.1, 0.15) is 27.6 Å². The van der Waals surface area contributed by atoms with E-state index in [1.807, 2.05) is 12.1 Å². The maximum absolute atomic E-state index is 12.5. The molecule has 1 heterocycles. The zero-order valence-electron chi connectivity index (χ0n) is 15.1. The number of nitrogens with zero attached hydrogens (tertiary/aromatic N) is 1. The highest BCUT2D eigenvalue weighted by Crippen LogP contribution is 2.19. The van der Waals surface area contributed by atoms with Gasteiger partial charge in [-0.2, -0.15) is 0 Å². The molecule has 0 fully saturated rings. The van der Waals surface area contributed by atoms with Crippen molar-refractivity contribution in [2.24, 2.45) is 0 Å². The number of nitrogens with one attached hydrogen (secondary N) is 2. The minimum Gasteiger partial charge on any atom is -0.462 e. The summed E-state index contributed by atoms with van der Waals surface area (Å²) >= 11 is 5.88. The maximum Gasteiger partial charge on any atom is 0.338 e. The number of hydrogen-bond acceptors (Lipinski definition) is 5. The Morgan fingerprint density at radius 2 is 1.64 bits per heavy atom. The average Bonchev–Trinajstić information content (AvgIpc) is 2.71. The third-order valence-electron chi connectivity index (χ3n) is 3.79. The second-order valence-corrected chi connectivity index (χ2v) is 6.25. The van der Waals surface area contributed by atoms with Gasteiger partial charge >= 0.3 is 5.97 Å². The Labute approximate surface area is 167 Å². The van der Waals surface area contributed by atoms with E-state index in [1.165, 1.54) is 0 Å². The van der Waals surface area contributed by atoms with Crippen LogP contribution in [-0.4, -0.2) is 23.5 Å². The predicted molar refractivity (Wildman–Crippen MR) is 109 cm³/mol. The van der Waals surface area contributed by atoms with E-state index < -0.39 is 5.97 Å². The van der Waals surface area contributed by atoms with Crippen LogP contribution in [0.2, 0.25) is 5.02 Å². The topological polar surface area (TPSA) is 80.3 Å². The Bertz CT molecular complexity index is 973. The number of esters is 1.